The monoisotopic (exact) mass is 305 g/mol. The van der Waals surface area contributed by atoms with Crippen molar-refractivity contribution in [1.29, 1.82) is 0 Å². The van der Waals surface area contributed by atoms with Crippen LogP contribution in [0.2, 0.25) is 0 Å². The first-order valence-corrected chi connectivity index (χ1v) is 8.66. The van der Waals surface area contributed by atoms with E-state index in [0.29, 0.717) is 12.2 Å². The Morgan fingerprint density at radius 3 is 2.57 bits per heavy atom. The Morgan fingerprint density at radius 1 is 1.29 bits per heavy atom. The van der Waals surface area contributed by atoms with Crippen molar-refractivity contribution in [1.82, 2.24) is 4.72 Å². The van der Waals surface area contributed by atoms with Crippen LogP contribution in [0.1, 0.15) is 37.3 Å². The van der Waals surface area contributed by atoms with Gasteiger partial charge < -0.3 is 4.79 Å². The number of rotatable bonds is 8. The second kappa shape index (κ2) is 8.35. The zero-order valence-electron chi connectivity index (χ0n) is 12.5. The van der Waals surface area contributed by atoms with E-state index in [1.165, 1.54) is 35.9 Å². The van der Waals surface area contributed by atoms with Crippen molar-refractivity contribution in [2.24, 2.45) is 5.92 Å². The van der Waals surface area contributed by atoms with Crippen molar-refractivity contribution in [2.75, 3.05) is 5.75 Å². The molecule has 1 aliphatic heterocycles. The fourth-order valence-electron chi connectivity index (χ4n) is 2.52. The number of ketones is 1. The van der Waals surface area contributed by atoms with E-state index in [1.54, 1.807) is 0 Å². The van der Waals surface area contributed by atoms with Gasteiger partial charge in [0, 0.05) is 18.1 Å². The smallest absolute Gasteiger partial charge is 0.151 e. The Hall–Kier alpha value is -1.13. The summed E-state index contributed by atoms with van der Waals surface area (Å²) in [5.74, 6) is 0.678. The molecule has 0 saturated carbocycles. The van der Waals surface area contributed by atoms with Gasteiger partial charge in [0.25, 0.3) is 0 Å². The standard InChI is InChI=1S/C17H23NO2S/c1-2-3-4-13-5-7-14(8-6-13)9-10-16(20)17-15(11-19)12-21-18-17/h5-8,11,15,17-18H,2-4,9-10,12H2,1H3. The first-order chi connectivity index (χ1) is 10.2. The molecule has 1 N–H and O–H groups in total. The molecule has 1 heterocycles. The Balaban J connectivity index is 1.82. The van der Waals surface area contributed by atoms with Gasteiger partial charge in [0.05, 0.1) is 6.04 Å². The highest BCUT2D eigenvalue weighted by atomic mass is 32.2. The van der Waals surface area contributed by atoms with Crippen LogP contribution in [0.3, 0.4) is 0 Å². The summed E-state index contributed by atoms with van der Waals surface area (Å²) in [6, 6.07) is 8.26. The molecule has 0 aliphatic carbocycles. The fourth-order valence-corrected chi connectivity index (χ4v) is 3.56. The summed E-state index contributed by atoms with van der Waals surface area (Å²) < 4.78 is 3.06. The van der Waals surface area contributed by atoms with Gasteiger partial charge in [0.15, 0.2) is 5.78 Å². The Labute approximate surface area is 131 Å². The lowest BCUT2D eigenvalue weighted by molar-refractivity contribution is -0.124. The first-order valence-electron chi connectivity index (χ1n) is 7.67. The zero-order chi connectivity index (χ0) is 15.1. The van der Waals surface area contributed by atoms with Crippen molar-refractivity contribution >= 4 is 24.0 Å². The van der Waals surface area contributed by atoms with Crippen LogP contribution in [0.5, 0.6) is 0 Å². The zero-order valence-corrected chi connectivity index (χ0v) is 13.3. The van der Waals surface area contributed by atoms with Crippen molar-refractivity contribution in [2.45, 2.75) is 45.1 Å². The highest BCUT2D eigenvalue weighted by molar-refractivity contribution is 7.97. The molecule has 0 bridgehead atoms. The van der Waals surface area contributed by atoms with Crippen LogP contribution in [0, 0.1) is 5.92 Å². The van der Waals surface area contributed by atoms with Gasteiger partial charge in [-0.3, -0.25) is 9.52 Å². The van der Waals surface area contributed by atoms with Gasteiger partial charge in [-0.2, -0.15) is 0 Å². The maximum atomic E-state index is 12.2. The van der Waals surface area contributed by atoms with E-state index in [9.17, 15) is 9.59 Å². The third kappa shape index (κ3) is 4.68. The summed E-state index contributed by atoms with van der Waals surface area (Å²) in [4.78, 5) is 23.1. The number of hydrogen-bond acceptors (Lipinski definition) is 4. The topological polar surface area (TPSA) is 46.2 Å². The number of aryl methyl sites for hydroxylation is 2. The number of nitrogens with one attached hydrogen (secondary N) is 1. The van der Waals surface area contributed by atoms with E-state index in [0.717, 1.165) is 19.1 Å². The molecule has 2 atom stereocenters. The molecule has 0 aromatic heterocycles. The van der Waals surface area contributed by atoms with Crippen LogP contribution in [0.25, 0.3) is 0 Å². The Kier molecular flexibility index (Phi) is 6.46. The minimum atomic E-state index is -0.295. The molecular weight excluding hydrogens is 282 g/mol. The molecule has 0 spiro atoms. The molecular formula is C17H23NO2S. The molecule has 3 nitrogen and oxygen atoms in total. The second-order valence-electron chi connectivity index (χ2n) is 5.59. The molecule has 2 unspecified atom stereocenters. The van der Waals surface area contributed by atoms with Crippen LogP contribution in [-0.2, 0) is 22.4 Å². The number of unbranched alkanes of at least 4 members (excludes halogenated alkanes) is 1. The van der Waals surface area contributed by atoms with Gasteiger partial charge in [0.2, 0.25) is 0 Å². The summed E-state index contributed by atoms with van der Waals surface area (Å²) in [5, 5.41) is 0. The van der Waals surface area contributed by atoms with Crippen molar-refractivity contribution in [3.63, 3.8) is 0 Å². The van der Waals surface area contributed by atoms with Crippen molar-refractivity contribution in [3.05, 3.63) is 35.4 Å². The molecule has 0 radical (unpaired) electrons. The highest BCUT2D eigenvalue weighted by Gasteiger charge is 2.32. The van der Waals surface area contributed by atoms with Gasteiger partial charge in [-0.15, -0.1) is 0 Å². The fraction of sp³-hybridized carbons (Fsp3) is 0.529. The van der Waals surface area contributed by atoms with Crippen molar-refractivity contribution in [3.8, 4) is 0 Å². The van der Waals surface area contributed by atoms with Crippen molar-refractivity contribution < 1.29 is 9.59 Å². The summed E-state index contributed by atoms with van der Waals surface area (Å²) in [6.07, 6.45) is 5.70. The van der Waals surface area contributed by atoms with Gasteiger partial charge in [0.1, 0.15) is 6.29 Å². The van der Waals surface area contributed by atoms with Gasteiger partial charge in [-0.1, -0.05) is 49.6 Å². The minimum Gasteiger partial charge on any atom is -0.303 e. The molecule has 0 amide bonds. The Bertz CT molecular complexity index is 472. The predicted octanol–water partition coefficient (Wildman–Crippen LogP) is 2.97. The number of hydrogen-bond donors (Lipinski definition) is 1. The quantitative estimate of drug-likeness (QED) is 0.592. The summed E-state index contributed by atoms with van der Waals surface area (Å²) in [6.45, 7) is 2.20. The van der Waals surface area contributed by atoms with E-state index in [4.69, 9.17) is 0 Å². The lowest BCUT2D eigenvalue weighted by Crippen LogP contribution is -2.35. The number of Topliss-reactive ketones (excluding diaryl/α,β-unsaturated/α-hetero) is 1. The number of aldehydes is 1. The average molecular weight is 305 g/mol. The maximum Gasteiger partial charge on any atom is 0.151 e. The highest BCUT2D eigenvalue weighted by Crippen LogP contribution is 2.21. The van der Waals surface area contributed by atoms with Crippen LogP contribution in [-0.4, -0.2) is 23.9 Å². The number of benzene rings is 1. The molecule has 4 heteroatoms. The molecule has 2 rings (SSSR count). The first kappa shape index (κ1) is 16.2. The summed E-state index contributed by atoms with van der Waals surface area (Å²) in [7, 11) is 0. The largest absolute Gasteiger partial charge is 0.303 e. The molecule has 1 aliphatic rings. The molecule has 21 heavy (non-hydrogen) atoms. The third-order valence-corrected chi connectivity index (χ3v) is 4.91. The van der Waals surface area contributed by atoms with E-state index in [1.807, 2.05) is 0 Å². The van der Waals surface area contributed by atoms with Gasteiger partial charge in [-0.25, -0.2) is 0 Å². The third-order valence-electron chi connectivity index (χ3n) is 3.94. The van der Waals surface area contributed by atoms with E-state index < -0.39 is 0 Å². The van der Waals surface area contributed by atoms with Crippen LogP contribution in [0.15, 0.2) is 24.3 Å². The second-order valence-corrected chi connectivity index (χ2v) is 6.45. The summed E-state index contributed by atoms with van der Waals surface area (Å²) in [5.41, 5.74) is 2.55. The molecule has 1 fully saturated rings. The van der Waals surface area contributed by atoms with Gasteiger partial charge >= 0.3 is 0 Å². The lowest BCUT2D eigenvalue weighted by atomic mass is 9.95. The van der Waals surface area contributed by atoms with E-state index >= 15 is 0 Å². The molecule has 1 saturated heterocycles. The minimum absolute atomic E-state index is 0.146. The maximum absolute atomic E-state index is 12.2. The lowest BCUT2D eigenvalue weighted by Gasteiger charge is -2.12. The SMILES string of the molecule is CCCCc1ccc(CCC(=O)C2NSCC2C=O)cc1. The molecule has 1 aromatic rings. The average Bonchev–Trinajstić information content (AvgIpc) is 3.00. The van der Waals surface area contributed by atoms with Crippen LogP contribution in [0.4, 0.5) is 0 Å². The number of carbonyl (C=O) groups excluding carboxylic acids is 2. The number of carbonyl (C=O) groups is 2. The Morgan fingerprint density at radius 2 is 1.95 bits per heavy atom. The normalized spacial score (nSPS) is 21.4. The summed E-state index contributed by atoms with van der Waals surface area (Å²) >= 11 is 1.47. The van der Waals surface area contributed by atoms with E-state index in [-0.39, 0.29) is 17.7 Å². The predicted molar refractivity (Wildman–Crippen MR) is 87.3 cm³/mol. The van der Waals surface area contributed by atoms with Crippen LogP contribution < -0.4 is 4.72 Å². The van der Waals surface area contributed by atoms with Gasteiger partial charge in [-0.05, 0) is 30.4 Å². The molecule has 114 valence electrons. The van der Waals surface area contributed by atoms with E-state index in [2.05, 4.69) is 35.9 Å². The molecule has 1 aromatic carbocycles. The van der Waals surface area contributed by atoms with Crippen LogP contribution >= 0.6 is 11.9 Å².